The summed E-state index contributed by atoms with van der Waals surface area (Å²) in [6, 6.07) is 7.82. The number of likely N-dealkylation sites (N-methyl/N-ethyl adjacent to an activating group) is 1. The van der Waals surface area contributed by atoms with E-state index in [0.29, 0.717) is 12.5 Å². The van der Waals surface area contributed by atoms with Gasteiger partial charge in [-0.15, -0.1) is 0 Å². The lowest BCUT2D eigenvalue weighted by Gasteiger charge is -2.36. The summed E-state index contributed by atoms with van der Waals surface area (Å²) in [5, 5.41) is 0. The van der Waals surface area contributed by atoms with Gasteiger partial charge in [-0.2, -0.15) is 0 Å². The number of ether oxygens (including phenoxy) is 2. The number of nitrogens with zero attached hydrogens (tertiary/aromatic N) is 1. The molecule has 1 heterocycles. The van der Waals surface area contributed by atoms with Gasteiger partial charge in [-0.1, -0.05) is 24.3 Å². The Labute approximate surface area is 231 Å². The van der Waals surface area contributed by atoms with E-state index in [-0.39, 0.29) is 17.0 Å². The number of rotatable bonds is 11. The molecule has 1 aromatic rings. The van der Waals surface area contributed by atoms with Gasteiger partial charge in [-0.25, -0.2) is 13.2 Å². The Bertz CT molecular complexity index is 1170. The highest BCUT2D eigenvalue weighted by Gasteiger charge is 2.38. The van der Waals surface area contributed by atoms with Gasteiger partial charge in [0.05, 0.1) is 10.4 Å². The molecule has 1 saturated heterocycles. The van der Waals surface area contributed by atoms with E-state index in [1.807, 2.05) is 38.0 Å². The van der Waals surface area contributed by atoms with Crippen molar-refractivity contribution in [3.8, 4) is 0 Å². The van der Waals surface area contributed by atoms with Crippen molar-refractivity contribution in [2.75, 3.05) is 20.3 Å². The van der Waals surface area contributed by atoms with Gasteiger partial charge in [0.25, 0.3) is 0 Å². The third-order valence-electron chi connectivity index (χ3n) is 5.48. The molecule has 38 heavy (non-hydrogen) atoms. The van der Waals surface area contributed by atoms with Gasteiger partial charge in [0.2, 0.25) is 9.84 Å². The molecule has 0 N–H and O–H groups in total. The van der Waals surface area contributed by atoms with E-state index in [0.717, 1.165) is 0 Å². The fraction of sp³-hybridized carbons (Fsp3) is 0.500. The van der Waals surface area contributed by atoms with Crippen molar-refractivity contribution in [1.82, 2.24) is 4.90 Å². The summed E-state index contributed by atoms with van der Waals surface area (Å²) in [5.74, 6) is -0.479. The Balaban J connectivity index is 2.32. The molecule has 1 aromatic carbocycles. The zero-order valence-corrected chi connectivity index (χ0v) is 28.1. The molecule has 0 aliphatic carbocycles. The van der Waals surface area contributed by atoms with Crippen LogP contribution in [-0.4, -0.2) is 70.3 Å². The van der Waals surface area contributed by atoms with Crippen LogP contribution in [0.3, 0.4) is 0 Å². The standard InChI is InChI=1S/C26H43NO7SSi3/c1-26(2)21-32-24(27(26)3)18-17-23(35(29,30)22-15-12-11-13-16-22)25(28)31-19-14-20-38(10,33-36(4,5)6)34-37(7,8)9/h11-18,20H,19,21H2,1-10H3/b20-14+,23-17+,24-18+. The van der Waals surface area contributed by atoms with Crippen LogP contribution in [0, 0.1) is 0 Å². The predicted molar refractivity (Wildman–Crippen MR) is 158 cm³/mol. The first-order chi connectivity index (χ1) is 17.3. The molecular weight excluding hydrogens is 555 g/mol. The molecule has 0 radical (unpaired) electrons. The van der Waals surface area contributed by atoms with Crippen molar-refractivity contribution >= 4 is 41.0 Å². The van der Waals surface area contributed by atoms with Crippen LogP contribution in [-0.2, 0) is 32.3 Å². The molecule has 1 fully saturated rings. The van der Waals surface area contributed by atoms with Crippen molar-refractivity contribution in [3.63, 3.8) is 0 Å². The molecule has 1 aliphatic heterocycles. The molecule has 2 rings (SSSR count). The molecule has 0 atom stereocenters. The molecule has 0 spiro atoms. The number of allylic oxidation sites excluding steroid dienone is 2. The van der Waals surface area contributed by atoms with Crippen LogP contribution in [0.1, 0.15) is 13.8 Å². The third kappa shape index (κ3) is 9.35. The maximum absolute atomic E-state index is 13.4. The maximum Gasteiger partial charge on any atom is 0.350 e. The first-order valence-corrected chi connectivity index (χ1v) is 23.3. The van der Waals surface area contributed by atoms with Crippen LogP contribution in [0.4, 0.5) is 0 Å². The van der Waals surface area contributed by atoms with E-state index in [4.69, 9.17) is 17.7 Å². The third-order valence-corrected chi connectivity index (χ3v) is 16.2. The van der Waals surface area contributed by atoms with Crippen LogP contribution >= 0.6 is 0 Å². The Kier molecular flexibility index (Phi) is 10.2. The molecule has 12 heteroatoms. The van der Waals surface area contributed by atoms with Crippen molar-refractivity contribution in [1.29, 1.82) is 0 Å². The zero-order valence-electron chi connectivity index (χ0n) is 24.3. The van der Waals surface area contributed by atoms with E-state index in [9.17, 15) is 13.2 Å². The van der Waals surface area contributed by atoms with Crippen LogP contribution in [0.15, 0.2) is 69.9 Å². The van der Waals surface area contributed by atoms with Crippen molar-refractivity contribution < 1.29 is 30.9 Å². The van der Waals surface area contributed by atoms with Gasteiger partial charge >= 0.3 is 14.5 Å². The van der Waals surface area contributed by atoms with Gasteiger partial charge in [-0.05, 0) is 89.7 Å². The summed E-state index contributed by atoms with van der Waals surface area (Å²) in [6.07, 6.45) is 4.43. The molecule has 0 aromatic heterocycles. The second-order valence-electron chi connectivity index (χ2n) is 12.0. The second kappa shape index (κ2) is 12.0. The average Bonchev–Trinajstić information content (AvgIpc) is 3.01. The van der Waals surface area contributed by atoms with E-state index in [1.165, 1.54) is 24.3 Å². The van der Waals surface area contributed by atoms with E-state index in [2.05, 4.69) is 39.3 Å². The normalized spacial score (nSPS) is 18.2. The summed E-state index contributed by atoms with van der Waals surface area (Å²) < 4.78 is 50.8. The SMILES string of the molecule is CN1/C(=C\C=C(/C(=O)OC/C=C/[Si](C)(O[Si](C)(C)C)O[Si](C)(C)C)S(=O)(=O)c2ccccc2)OCC1(C)C. The molecule has 212 valence electrons. The predicted octanol–water partition coefficient (Wildman–Crippen LogP) is 5.34. The highest BCUT2D eigenvalue weighted by molar-refractivity contribution is 7.96. The molecule has 0 amide bonds. The summed E-state index contributed by atoms with van der Waals surface area (Å²) in [6.45, 7) is 19.0. The molecule has 0 bridgehead atoms. The smallest absolute Gasteiger partial charge is 0.350 e. The van der Waals surface area contributed by atoms with Crippen LogP contribution < -0.4 is 0 Å². The molecule has 0 saturated carbocycles. The van der Waals surface area contributed by atoms with Crippen molar-refractivity contribution in [2.45, 2.75) is 70.1 Å². The number of carbonyl (C=O) groups excluding carboxylic acids is 1. The summed E-state index contributed by atoms with van der Waals surface area (Å²) in [4.78, 5) is 14.6. The maximum atomic E-state index is 13.4. The lowest BCUT2D eigenvalue weighted by atomic mass is 10.1. The molecule has 8 nitrogen and oxygen atoms in total. The second-order valence-corrected chi connectivity index (χ2v) is 26.3. The number of hydrogen-bond donors (Lipinski definition) is 0. The van der Waals surface area contributed by atoms with Crippen molar-refractivity contribution in [2.24, 2.45) is 0 Å². The Morgan fingerprint density at radius 1 is 1.03 bits per heavy atom. The molecular formula is C26H43NO7SSi3. The summed E-state index contributed by atoms with van der Waals surface area (Å²) >= 11 is 0. The number of carbonyl (C=O) groups is 1. The monoisotopic (exact) mass is 597 g/mol. The first kappa shape index (κ1) is 32.2. The van der Waals surface area contributed by atoms with Crippen LogP contribution in [0.25, 0.3) is 0 Å². The summed E-state index contributed by atoms with van der Waals surface area (Å²) in [7, 11) is -8.77. The fourth-order valence-electron chi connectivity index (χ4n) is 3.81. The lowest BCUT2D eigenvalue weighted by Crippen LogP contribution is -2.51. The molecule has 0 unspecified atom stereocenters. The quantitative estimate of drug-likeness (QED) is 0.192. The van der Waals surface area contributed by atoms with Gasteiger partial charge < -0.3 is 22.6 Å². The van der Waals surface area contributed by atoms with Gasteiger partial charge in [-0.3, -0.25) is 0 Å². The number of benzene rings is 1. The van der Waals surface area contributed by atoms with Gasteiger partial charge in [0, 0.05) is 7.05 Å². The minimum Gasteiger partial charge on any atom is -0.477 e. The van der Waals surface area contributed by atoms with E-state index < -0.39 is 45.9 Å². The minimum absolute atomic E-state index is 0.00483. The Hall–Kier alpha value is -1.97. The molecule has 1 aliphatic rings. The van der Waals surface area contributed by atoms with Gasteiger partial charge in [0.1, 0.15) is 13.2 Å². The number of hydrogen-bond acceptors (Lipinski definition) is 8. The van der Waals surface area contributed by atoms with Crippen LogP contribution in [0.5, 0.6) is 0 Å². The lowest BCUT2D eigenvalue weighted by molar-refractivity contribution is -0.137. The number of esters is 1. The topological polar surface area (TPSA) is 91.4 Å². The van der Waals surface area contributed by atoms with Crippen molar-refractivity contribution in [3.05, 3.63) is 65.0 Å². The highest BCUT2D eigenvalue weighted by atomic mass is 32.2. The minimum atomic E-state index is -4.14. The highest BCUT2D eigenvalue weighted by Crippen LogP contribution is 2.28. The number of sulfone groups is 1. The largest absolute Gasteiger partial charge is 0.477 e. The van der Waals surface area contributed by atoms with Gasteiger partial charge in [0.15, 0.2) is 27.4 Å². The Morgan fingerprint density at radius 3 is 2.05 bits per heavy atom. The van der Waals surface area contributed by atoms with E-state index in [1.54, 1.807) is 24.3 Å². The Morgan fingerprint density at radius 2 is 1.58 bits per heavy atom. The zero-order chi connectivity index (χ0) is 29.0. The average molecular weight is 598 g/mol. The van der Waals surface area contributed by atoms with E-state index >= 15 is 0 Å². The fourth-order valence-corrected chi connectivity index (χ4v) is 16.4. The van der Waals surface area contributed by atoms with Crippen LogP contribution in [0.2, 0.25) is 45.8 Å². The summed E-state index contributed by atoms with van der Waals surface area (Å²) in [5.41, 5.74) is 1.62. The first-order valence-electron chi connectivity index (χ1n) is 12.6.